The molecule has 0 aliphatic carbocycles. The highest BCUT2D eigenvalue weighted by molar-refractivity contribution is 5.49. The lowest BCUT2D eigenvalue weighted by Crippen LogP contribution is -2.01. The minimum absolute atomic E-state index is 0.821. The largest absolute Gasteiger partial charge is 0.397 e. The Labute approximate surface area is 86.5 Å². The molecule has 0 aromatic carbocycles. The molecule has 0 aliphatic rings. The van der Waals surface area contributed by atoms with Gasteiger partial charge in [0.15, 0.2) is 0 Å². The zero-order valence-electron chi connectivity index (χ0n) is 9.43. The van der Waals surface area contributed by atoms with E-state index in [1.807, 2.05) is 0 Å². The highest BCUT2D eigenvalue weighted by Crippen LogP contribution is 2.19. The maximum absolute atomic E-state index is 5.83. The average molecular weight is 192 g/mol. The van der Waals surface area contributed by atoms with Crippen molar-refractivity contribution in [2.75, 3.05) is 5.73 Å². The van der Waals surface area contributed by atoms with Crippen LogP contribution in [0.1, 0.15) is 43.0 Å². The van der Waals surface area contributed by atoms with E-state index >= 15 is 0 Å². The Morgan fingerprint density at radius 3 is 2.64 bits per heavy atom. The molecule has 1 aromatic rings. The summed E-state index contributed by atoms with van der Waals surface area (Å²) in [5.74, 6) is 0. The molecule has 1 rings (SSSR count). The summed E-state index contributed by atoms with van der Waals surface area (Å²) < 4.78 is 0. The summed E-state index contributed by atoms with van der Waals surface area (Å²) in [6.07, 6.45) is 6.66. The van der Waals surface area contributed by atoms with Crippen molar-refractivity contribution < 1.29 is 0 Å². The van der Waals surface area contributed by atoms with Crippen molar-refractivity contribution in [3.63, 3.8) is 0 Å². The van der Waals surface area contributed by atoms with E-state index in [2.05, 4.69) is 25.8 Å². The van der Waals surface area contributed by atoms with Gasteiger partial charge in [0.1, 0.15) is 0 Å². The molecule has 0 amide bonds. The van der Waals surface area contributed by atoms with Crippen molar-refractivity contribution in [3.05, 3.63) is 23.0 Å². The fourth-order valence-electron chi connectivity index (χ4n) is 1.71. The van der Waals surface area contributed by atoms with Crippen LogP contribution >= 0.6 is 0 Å². The number of nitrogens with two attached hydrogens (primary N) is 1. The molecule has 0 aliphatic heterocycles. The van der Waals surface area contributed by atoms with Crippen LogP contribution in [0.3, 0.4) is 0 Å². The lowest BCUT2D eigenvalue weighted by atomic mass is 10.0. The van der Waals surface area contributed by atoms with E-state index in [0.717, 1.165) is 17.8 Å². The smallest absolute Gasteiger partial charge is 0.0533 e. The number of aryl methyl sites for hydroxylation is 1. The van der Waals surface area contributed by atoms with Crippen LogP contribution in [0.2, 0.25) is 0 Å². The Kier molecular flexibility index (Phi) is 3.93. The number of nitrogens with zero attached hydrogens (tertiary/aromatic N) is 1. The van der Waals surface area contributed by atoms with Gasteiger partial charge in [-0.15, -0.1) is 0 Å². The topological polar surface area (TPSA) is 38.9 Å². The van der Waals surface area contributed by atoms with Gasteiger partial charge < -0.3 is 5.73 Å². The molecule has 0 bridgehead atoms. The fourth-order valence-corrected chi connectivity index (χ4v) is 1.71. The molecule has 2 heteroatoms. The highest BCUT2D eigenvalue weighted by Gasteiger charge is 2.05. The van der Waals surface area contributed by atoms with Crippen molar-refractivity contribution in [1.29, 1.82) is 0 Å². The summed E-state index contributed by atoms with van der Waals surface area (Å²) in [5.41, 5.74) is 10.3. The molecule has 0 spiro atoms. The first-order valence-electron chi connectivity index (χ1n) is 5.37. The highest BCUT2D eigenvalue weighted by atomic mass is 14.7. The SMILES string of the molecule is CCCCCc1c(C)ncc(N)c1C. The number of anilines is 1. The maximum atomic E-state index is 5.83. The van der Waals surface area contributed by atoms with Crippen molar-refractivity contribution in [2.24, 2.45) is 0 Å². The molecule has 14 heavy (non-hydrogen) atoms. The van der Waals surface area contributed by atoms with Crippen LogP contribution in [0.5, 0.6) is 0 Å². The van der Waals surface area contributed by atoms with Gasteiger partial charge in [0.2, 0.25) is 0 Å². The van der Waals surface area contributed by atoms with Gasteiger partial charge in [0.25, 0.3) is 0 Å². The summed E-state index contributed by atoms with van der Waals surface area (Å²) in [6, 6.07) is 0. The molecule has 0 radical (unpaired) electrons. The van der Waals surface area contributed by atoms with E-state index < -0.39 is 0 Å². The predicted octanol–water partition coefficient (Wildman–Crippen LogP) is 3.01. The number of nitrogen functional groups attached to an aromatic ring is 1. The number of unbranched alkanes of at least 4 members (excludes halogenated alkanes) is 2. The standard InChI is InChI=1S/C12H20N2/c1-4-5-6-7-11-9(2)12(13)8-14-10(11)3/h8H,4-7,13H2,1-3H3. The number of aromatic nitrogens is 1. The first-order chi connectivity index (χ1) is 6.66. The van der Waals surface area contributed by atoms with E-state index in [0.29, 0.717) is 0 Å². The van der Waals surface area contributed by atoms with Gasteiger partial charge in [0, 0.05) is 5.69 Å². The molecule has 1 heterocycles. The van der Waals surface area contributed by atoms with Crippen LogP contribution in [0.15, 0.2) is 6.20 Å². The maximum Gasteiger partial charge on any atom is 0.0533 e. The number of hydrogen-bond donors (Lipinski definition) is 1. The van der Waals surface area contributed by atoms with Crippen molar-refractivity contribution in [3.8, 4) is 0 Å². The van der Waals surface area contributed by atoms with Crippen molar-refractivity contribution >= 4 is 5.69 Å². The Morgan fingerprint density at radius 2 is 2.00 bits per heavy atom. The van der Waals surface area contributed by atoms with Crippen molar-refractivity contribution in [2.45, 2.75) is 46.5 Å². The van der Waals surface area contributed by atoms with Crippen LogP contribution in [0, 0.1) is 13.8 Å². The van der Waals surface area contributed by atoms with E-state index in [4.69, 9.17) is 5.73 Å². The fraction of sp³-hybridized carbons (Fsp3) is 0.583. The van der Waals surface area contributed by atoms with Crippen LogP contribution in [-0.2, 0) is 6.42 Å². The quantitative estimate of drug-likeness (QED) is 0.745. The van der Waals surface area contributed by atoms with Crippen LogP contribution in [-0.4, -0.2) is 4.98 Å². The van der Waals surface area contributed by atoms with Crippen LogP contribution in [0.4, 0.5) is 5.69 Å². The molecular weight excluding hydrogens is 172 g/mol. The second-order valence-corrected chi connectivity index (χ2v) is 3.86. The monoisotopic (exact) mass is 192 g/mol. The summed E-state index contributed by atoms with van der Waals surface area (Å²) in [5, 5.41) is 0. The molecule has 2 nitrogen and oxygen atoms in total. The molecular formula is C12H20N2. The Balaban J connectivity index is 2.79. The lowest BCUT2D eigenvalue weighted by molar-refractivity contribution is 0.711. The van der Waals surface area contributed by atoms with E-state index in [-0.39, 0.29) is 0 Å². The summed E-state index contributed by atoms with van der Waals surface area (Å²) in [4.78, 5) is 4.29. The van der Waals surface area contributed by atoms with Gasteiger partial charge >= 0.3 is 0 Å². The van der Waals surface area contributed by atoms with Gasteiger partial charge in [-0.2, -0.15) is 0 Å². The van der Waals surface area contributed by atoms with Gasteiger partial charge in [-0.05, 0) is 37.8 Å². The Bertz CT molecular complexity index is 305. The zero-order valence-corrected chi connectivity index (χ0v) is 9.43. The van der Waals surface area contributed by atoms with Crippen LogP contribution < -0.4 is 5.73 Å². The minimum Gasteiger partial charge on any atom is -0.397 e. The molecule has 0 saturated heterocycles. The molecule has 0 saturated carbocycles. The van der Waals surface area contributed by atoms with Gasteiger partial charge in [-0.25, -0.2) is 0 Å². The summed E-state index contributed by atoms with van der Waals surface area (Å²) in [6.45, 7) is 6.37. The Hall–Kier alpha value is -1.05. The second kappa shape index (κ2) is 4.99. The van der Waals surface area contributed by atoms with Gasteiger partial charge in [-0.3, -0.25) is 4.98 Å². The molecule has 78 valence electrons. The van der Waals surface area contributed by atoms with Gasteiger partial charge in [0.05, 0.1) is 11.9 Å². The minimum atomic E-state index is 0.821. The molecule has 1 aromatic heterocycles. The third kappa shape index (κ3) is 2.47. The predicted molar refractivity (Wildman–Crippen MR) is 61.4 cm³/mol. The second-order valence-electron chi connectivity index (χ2n) is 3.86. The van der Waals surface area contributed by atoms with Gasteiger partial charge in [-0.1, -0.05) is 19.8 Å². The van der Waals surface area contributed by atoms with E-state index in [1.165, 1.54) is 30.4 Å². The molecule has 0 atom stereocenters. The third-order valence-electron chi connectivity index (χ3n) is 2.75. The zero-order chi connectivity index (χ0) is 10.6. The number of pyridine rings is 1. The third-order valence-corrected chi connectivity index (χ3v) is 2.75. The normalized spacial score (nSPS) is 10.5. The van der Waals surface area contributed by atoms with E-state index in [1.54, 1.807) is 6.20 Å². The Morgan fingerprint density at radius 1 is 1.29 bits per heavy atom. The first kappa shape index (κ1) is 11.0. The average Bonchev–Trinajstić information content (AvgIpc) is 2.18. The lowest BCUT2D eigenvalue weighted by Gasteiger charge is -2.10. The molecule has 0 fully saturated rings. The first-order valence-corrected chi connectivity index (χ1v) is 5.37. The summed E-state index contributed by atoms with van der Waals surface area (Å²) in [7, 11) is 0. The number of rotatable bonds is 4. The van der Waals surface area contributed by atoms with Crippen molar-refractivity contribution in [1.82, 2.24) is 4.98 Å². The number of hydrogen-bond acceptors (Lipinski definition) is 2. The summed E-state index contributed by atoms with van der Waals surface area (Å²) >= 11 is 0. The molecule has 2 N–H and O–H groups in total. The molecule has 0 unspecified atom stereocenters. The van der Waals surface area contributed by atoms with E-state index in [9.17, 15) is 0 Å². The van der Waals surface area contributed by atoms with Crippen LogP contribution in [0.25, 0.3) is 0 Å².